The number of fused-ring (bicyclic) bond motifs is 3. The Morgan fingerprint density at radius 1 is 1.33 bits per heavy atom. The van der Waals surface area contributed by atoms with Crippen LogP contribution in [-0.4, -0.2) is 28.7 Å². The molecule has 0 aliphatic carbocycles. The molecular weight excluding hydrogens is 234 g/mol. The van der Waals surface area contributed by atoms with Crippen molar-refractivity contribution in [2.24, 2.45) is 7.05 Å². The summed E-state index contributed by atoms with van der Waals surface area (Å²) in [5, 5.41) is 7.72. The average molecular weight is 247 g/mol. The number of rotatable bonds is 2. The van der Waals surface area contributed by atoms with Crippen LogP contribution in [0.25, 0.3) is 16.8 Å². The van der Waals surface area contributed by atoms with E-state index in [4.69, 9.17) is 5.73 Å². The third-order valence-electron chi connectivity index (χ3n) is 2.94. The van der Waals surface area contributed by atoms with Crippen molar-refractivity contribution >= 4 is 22.8 Å². The van der Waals surface area contributed by atoms with E-state index in [2.05, 4.69) is 15.2 Å². The Morgan fingerprint density at radius 2 is 2.11 bits per heavy atom. The molecule has 0 unspecified atom stereocenters. The Balaban J connectivity index is 2.61. The molecule has 2 N–H and O–H groups in total. The molecule has 0 saturated heterocycles. The van der Waals surface area contributed by atoms with Crippen LogP contribution in [0, 0.1) is 0 Å². The molecule has 8 nitrogen and oxygen atoms in total. The zero-order valence-electron chi connectivity index (χ0n) is 10.2. The quantitative estimate of drug-likeness (QED) is 0.674. The number of imidazole rings is 1. The van der Waals surface area contributed by atoms with Crippen LogP contribution in [0.5, 0.6) is 0 Å². The first-order valence-corrected chi connectivity index (χ1v) is 5.69. The van der Waals surface area contributed by atoms with E-state index in [1.165, 1.54) is 4.40 Å². The van der Waals surface area contributed by atoms with Gasteiger partial charge in [0.25, 0.3) is 0 Å². The first kappa shape index (κ1) is 10.8. The number of nitrogens with two attached hydrogens (primary N) is 1. The molecule has 8 heteroatoms. The predicted octanol–water partition coefficient (Wildman–Crippen LogP) is -0.230. The lowest BCUT2D eigenvalue weighted by atomic mass is 10.4. The van der Waals surface area contributed by atoms with Crippen molar-refractivity contribution in [2.45, 2.75) is 19.9 Å². The summed E-state index contributed by atoms with van der Waals surface area (Å²) in [5.41, 5.74) is 7.26. The monoisotopic (exact) mass is 247 g/mol. The molecule has 18 heavy (non-hydrogen) atoms. The van der Waals surface area contributed by atoms with Crippen LogP contribution >= 0.6 is 0 Å². The number of hydrogen-bond acceptors (Lipinski definition) is 5. The Morgan fingerprint density at radius 3 is 2.83 bits per heavy atom. The van der Waals surface area contributed by atoms with Gasteiger partial charge in [-0.1, -0.05) is 6.92 Å². The van der Waals surface area contributed by atoms with E-state index < -0.39 is 0 Å². The third-order valence-corrected chi connectivity index (χ3v) is 2.94. The molecule has 94 valence electrons. The number of aromatic nitrogens is 6. The number of nitrogen functional groups attached to an aromatic ring is 1. The molecule has 0 fully saturated rings. The molecule has 0 saturated carbocycles. The van der Waals surface area contributed by atoms with Crippen molar-refractivity contribution in [3.63, 3.8) is 0 Å². The molecule has 3 rings (SSSR count). The Labute approximate surface area is 102 Å². The molecule has 3 heterocycles. The number of hydrogen-bond donors (Lipinski definition) is 1. The Hall–Kier alpha value is -2.38. The van der Waals surface area contributed by atoms with Crippen LogP contribution in [0.3, 0.4) is 0 Å². The van der Waals surface area contributed by atoms with E-state index in [0.29, 0.717) is 17.8 Å². The third kappa shape index (κ3) is 1.19. The molecule has 0 bridgehead atoms. The van der Waals surface area contributed by atoms with Crippen molar-refractivity contribution < 1.29 is 0 Å². The van der Waals surface area contributed by atoms with Crippen molar-refractivity contribution in [1.29, 1.82) is 0 Å². The van der Waals surface area contributed by atoms with E-state index in [1.54, 1.807) is 10.9 Å². The van der Waals surface area contributed by atoms with Gasteiger partial charge in [0.1, 0.15) is 5.52 Å². The predicted molar refractivity (Wildman–Crippen MR) is 66.2 cm³/mol. The fraction of sp³-hybridized carbons (Fsp3) is 0.400. The highest BCUT2D eigenvalue weighted by atomic mass is 16.1. The first-order chi connectivity index (χ1) is 8.65. The van der Waals surface area contributed by atoms with E-state index in [9.17, 15) is 4.79 Å². The highest BCUT2D eigenvalue weighted by Gasteiger charge is 2.17. The number of anilines is 1. The largest absolute Gasteiger partial charge is 0.367 e. The first-order valence-electron chi connectivity index (χ1n) is 5.69. The molecule has 0 amide bonds. The molecule has 3 aromatic rings. The molecule has 0 atom stereocenters. The fourth-order valence-electron chi connectivity index (χ4n) is 2.15. The van der Waals surface area contributed by atoms with Gasteiger partial charge in [-0.25, -0.2) is 14.2 Å². The van der Waals surface area contributed by atoms with Gasteiger partial charge in [0.15, 0.2) is 11.3 Å². The van der Waals surface area contributed by atoms with Crippen LogP contribution in [0.2, 0.25) is 0 Å². The van der Waals surface area contributed by atoms with Crippen LogP contribution < -0.4 is 11.4 Å². The van der Waals surface area contributed by atoms with E-state index in [1.807, 2.05) is 18.5 Å². The lowest BCUT2D eigenvalue weighted by molar-refractivity contribution is 0.648. The molecule has 0 aromatic carbocycles. The summed E-state index contributed by atoms with van der Waals surface area (Å²) >= 11 is 0. The summed E-state index contributed by atoms with van der Waals surface area (Å²) in [6, 6.07) is 0. The highest BCUT2D eigenvalue weighted by molar-refractivity contribution is 5.86. The SMILES string of the molecule is CCCn1c(=O)n2c(N)nnc2c2c1ncn2C. The van der Waals surface area contributed by atoms with Gasteiger partial charge in [-0.3, -0.25) is 4.57 Å². The zero-order chi connectivity index (χ0) is 12.9. The summed E-state index contributed by atoms with van der Waals surface area (Å²) in [5.74, 6) is 0.1000. The lowest BCUT2D eigenvalue weighted by Gasteiger charge is -2.06. The van der Waals surface area contributed by atoms with Crippen molar-refractivity contribution in [1.82, 2.24) is 28.7 Å². The minimum atomic E-state index is -0.249. The Bertz CT molecular complexity index is 794. The average Bonchev–Trinajstić information content (AvgIpc) is 2.89. The Kier molecular flexibility index (Phi) is 2.12. The van der Waals surface area contributed by atoms with E-state index in [-0.39, 0.29) is 11.6 Å². The minimum absolute atomic E-state index is 0.1000. The molecule has 0 spiro atoms. The number of aryl methyl sites for hydroxylation is 2. The summed E-state index contributed by atoms with van der Waals surface area (Å²) in [6.45, 7) is 2.58. The molecule has 0 radical (unpaired) electrons. The maximum atomic E-state index is 12.3. The minimum Gasteiger partial charge on any atom is -0.367 e. The van der Waals surface area contributed by atoms with E-state index >= 15 is 0 Å². The van der Waals surface area contributed by atoms with Crippen molar-refractivity contribution in [3.05, 3.63) is 16.8 Å². The highest BCUT2D eigenvalue weighted by Crippen LogP contribution is 2.16. The maximum Gasteiger partial charge on any atom is 0.338 e. The van der Waals surface area contributed by atoms with Gasteiger partial charge < -0.3 is 10.3 Å². The zero-order valence-corrected chi connectivity index (χ0v) is 10.2. The summed E-state index contributed by atoms with van der Waals surface area (Å²) in [6.07, 6.45) is 2.49. The maximum absolute atomic E-state index is 12.3. The van der Waals surface area contributed by atoms with Gasteiger partial charge in [0.05, 0.1) is 6.33 Å². The van der Waals surface area contributed by atoms with Gasteiger partial charge in [-0.05, 0) is 6.42 Å². The second-order valence-corrected chi connectivity index (χ2v) is 4.18. The molecule has 0 aliphatic rings. The van der Waals surface area contributed by atoms with Crippen LogP contribution in [0.1, 0.15) is 13.3 Å². The normalized spacial score (nSPS) is 11.7. The standard InChI is InChI=1S/C10H13N7O/c1-3-4-16-7-6(15(2)5-12-7)8-13-14-9(11)17(8)10(16)18/h5H,3-4H2,1-2H3,(H2,11,14). The van der Waals surface area contributed by atoms with Gasteiger partial charge in [-0.15, -0.1) is 10.2 Å². The summed E-state index contributed by atoms with van der Waals surface area (Å²) in [4.78, 5) is 16.6. The van der Waals surface area contributed by atoms with E-state index in [0.717, 1.165) is 11.9 Å². The molecule has 0 aliphatic heterocycles. The molecule has 3 aromatic heterocycles. The smallest absolute Gasteiger partial charge is 0.338 e. The summed E-state index contributed by atoms with van der Waals surface area (Å²) < 4.78 is 4.73. The van der Waals surface area contributed by atoms with Gasteiger partial charge in [-0.2, -0.15) is 0 Å². The van der Waals surface area contributed by atoms with Gasteiger partial charge in [0.2, 0.25) is 5.95 Å². The lowest BCUT2D eigenvalue weighted by Crippen LogP contribution is -2.28. The van der Waals surface area contributed by atoms with Gasteiger partial charge in [0, 0.05) is 13.6 Å². The van der Waals surface area contributed by atoms with Crippen LogP contribution in [0.15, 0.2) is 11.1 Å². The van der Waals surface area contributed by atoms with Crippen molar-refractivity contribution in [3.8, 4) is 0 Å². The fourth-order valence-corrected chi connectivity index (χ4v) is 2.15. The van der Waals surface area contributed by atoms with Gasteiger partial charge >= 0.3 is 5.69 Å². The summed E-state index contributed by atoms with van der Waals surface area (Å²) in [7, 11) is 1.85. The molecular formula is C10H13N7O. The van der Waals surface area contributed by atoms with Crippen molar-refractivity contribution in [2.75, 3.05) is 5.73 Å². The number of nitrogens with zero attached hydrogens (tertiary/aromatic N) is 6. The second-order valence-electron chi connectivity index (χ2n) is 4.18. The second kappa shape index (κ2) is 3.56. The van der Waals surface area contributed by atoms with Crippen LogP contribution in [-0.2, 0) is 13.6 Å². The van der Waals surface area contributed by atoms with Crippen LogP contribution in [0.4, 0.5) is 5.95 Å². The topological polar surface area (TPSA) is 96.0 Å².